The molecule has 12 heteroatoms. The topological polar surface area (TPSA) is 128 Å². The molecule has 0 fully saturated rings. The molecule has 0 spiro atoms. The summed E-state index contributed by atoms with van der Waals surface area (Å²) in [6.07, 6.45) is 22.8. The first-order chi connectivity index (χ1) is 38.6. The predicted molar refractivity (Wildman–Crippen MR) is 328 cm³/mol. The van der Waals surface area contributed by atoms with E-state index in [4.69, 9.17) is 37.9 Å². The van der Waals surface area contributed by atoms with Gasteiger partial charge in [-0.2, -0.15) is 0 Å². The molecule has 0 saturated carbocycles. The first kappa shape index (κ1) is 67.6. The van der Waals surface area contributed by atoms with Crippen LogP contribution in [0.3, 0.4) is 0 Å². The molecule has 2 aromatic carbocycles. The Morgan fingerprint density at radius 1 is 0.580 bits per heavy atom. The van der Waals surface area contributed by atoms with Gasteiger partial charge in [-0.05, 0) is 163 Å². The van der Waals surface area contributed by atoms with Crippen LogP contribution in [0.2, 0.25) is 0 Å². The quantitative estimate of drug-likeness (QED) is 0.0299. The SMILES string of the molecule is CCN(CC)CCCOC(=O)OCC1COC(=O)Oc2c(C)c(C)c3c(c2-c2c4c(c(C)c(C)c2OC(=O)OC1)O[C@](C)(CCC[C@H](C)CCC[C@H](C)CCCC(C)C)CC4)CC[C@@H](CCC[C@H](C)CCC[C@H](C)CCCC(C)C)O3. The Bertz CT molecular complexity index is 2270. The van der Waals surface area contributed by atoms with Crippen LogP contribution in [-0.4, -0.2) is 81.1 Å². The third-order valence-corrected chi connectivity index (χ3v) is 18.4. The maximum Gasteiger partial charge on any atom is 0.513 e. The highest BCUT2D eigenvalue weighted by Gasteiger charge is 2.40. The molecule has 0 aliphatic carbocycles. The third-order valence-electron chi connectivity index (χ3n) is 18.4. The van der Waals surface area contributed by atoms with E-state index in [1.807, 2.05) is 27.7 Å². The molecule has 1 unspecified atom stereocenters. The Labute approximate surface area is 491 Å². The van der Waals surface area contributed by atoms with E-state index in [0.29, 0.717) is 53.7 Å². The Morgan fingerprint density at radius 2 is 1.04 bits per heavy atom. The summed E-state index contributed by atoms with van der Waals surface area (Å²) in [6, 6.07) is 0. The van der Waals surface area contributed by atoms with E-state index in [-0.39, 0.29) is 32.5 Å². The Balaban J connectivity index is 1.40. The minimum absolute atomic E-state index is 0.0284. The molecule has 81 heavy (non-hydrogen) atoms. The van der Waals surface area contributed by atoms with E-state index in [0.717, 1.165) is 133 Å². The van der Waals surface area contributed by atoms with Crippen LogP contribution in [0.5, 0.6) is 23.0 Å². The number of nitrogens with zero attached hydrogens (tertiary/aromatic N) is 1. The number of carbonyl (C=O) groups is 3. The highest BCUT2D eigenvalue weighted by atomic mass is 16.7. The molecule has 0 saturated heterocycles. The fourth-order valence-corrected chi connectivity index (χ4v) is 12.6. The van der Waals surface area contributed by atoms with Gasteiger partial charge in [0.25, 0.3) is 0 Å². The van der Waals surface area contributed by atoms with Crippen LogP contribution in [-0.2, 0) is 31.8 Å². The molecule has 0 bridgehead atoms. The van der Waals surface area contributed by atoms with E-state index in [9.17, 15) is 14.4 Å². The minimum atomic E-state index is -0.925. The van der Waals surface area contributed by atoms with Crippen molar-refractivity contribution in [2.24, 2.45) is 41.4 Å². The van der Waals surface area contributed by atoms with E-state index in [2.05, 4.69) is 81.1 Å². The number of hydrogen-bond acceptors (Lipinski definition) is 12. The zero-order valence-corrected chi connectivity index (χ0v) is 53.8. The summed E-state index contributed by atoms with van der Waals surface area (Å²) < 4.78 is 49.6. The largest absolute Gasteiger partial charge is 0.513 e. The second-order valence-corrected chi connectivity index (χ2v) is 26.6. The van der Waals surface area contributed by atoms with E-state index in [1.54, 1.807) is 0 Å². The second-order valence-electron chi connectivity index (χ2n) is 26.6. The maximum absolute atomic E-state index is 14.1. The number of fused-ring (bicyclic) bond motifs is 7. The molecule has 2 aromatic rings. The summed E-state index contributed by atoms with van der Waals surface area (Å²) >= 11 is 0. The zero-order chi connectivity index (χ0) is 59.2. The molecule has 3 heterocycles. The van der Waals surface area contributed by atoms with Gasteiger partial charge in [0, 0.05) is 28.8 Å². The summed E-state index contributed by atoms with van der Waals surface area (Å²) in [4.78, 5) is 43.2. The van der Waals surface area contributed by atoms with E-state index < -0.39 is 30.0 Å². The standard InChI is InChI=1S/C69H113NO11/c1-16-70(17-2)41-24-42-74-66(71)75-43-56-44-76-67(72)79-64-54(13)52(11)62-58(37-36-57(78-62)35-22-33-50(9)31-20-29-48(7)27-18-25-46(3)4)60(64)61-59-38-40-69(15,81-63(59)53(12)55(14)65(61)80-68(73)77-45-56)39-23-34-51(10)32-21-30-49(8)28-19-26-47(5)6/h46-51,56-57H,16-45H2,1-15H3/t48-,49-,50-,51-,56?,57-,69-/m1/s1. The molecule has 5 rings (SSSR count). The average Bonchev–Trinajstić information content (AvgIpc) is 3.44. The smallest absolute Gasteiger partial charge is 0.490 e. The number of rotatable bonds is 32. The fourth-order valence-electron chi connectivity index (χ4n) is 12.6. The Morgan fingerprint density at radius 3 is 1.54 bits per heavy atom. The van der Waals surface area contributed by atoms with Crippen molar-refractivity contribution >= 4 is 18.5 Å². The second kappa shape index (κ2) is 33.9. The van der Waals surface area contributed by atoms with Gasteiger partial charge in [-0.3, -0.25) is 0 Å². The lowest BCUT2D eigenvalue weighted by atomic mass is 9.79. The molecule has 3 aliphatic heterocycles. The summed E-state index contributed by atoms with van der Waals surface area (Å²) in [6.45, 7) is 35.4. The zero-order valence-electron chi connectivity index (χ0n) is 53.8. The van der Waals surface area contributed by atoms with Gasteiger partial charge in [0.2, 0.25) is 0 Å². The van der Waals surface area contributed by atoms with Crippen LogP contribution in [0.4, 0.5) is 14.4 Å². The molecule has 460 valence electrons. The van der Waals surface area contributed by atoms with Crippen molar-refractivity contribution in [2.75, 3.05) is 46.1 Å². The number of cyclic esters (lactones) is 2. The molecular weight excluding hydrogens is 1020 g/mol. The van der Waals surface area contributed by atoms with E-state index >= 15 is 0 Å². The van der Waals surface area contributed by atoms with Crippen LogP contribution in [0.25, 0.3) is 11.1 Å². The number of carbonyl (C=O) groups excluding carboxylic acids is 3. The number of ether oxygens (including phenoxy) is 8. The van der Waals surface area contributed by atoms with Gasteiger partial charge < -0.3 is 42.8 Å². The first-order valence-corrected chi connectivity index (χ1v) is 32.5. The van der Waals surface area contributed by atoms with Crippen molar-refractivity contribution in [1.29, 1.82) is 0 Å². The minimum Gasteiger partial charge on any atom is -0.490 e. The summed E-state index contributed by atoms with van der Waals surface area (Å²) in [5.74, 6) is 5.93. The normalized spacial score (nSPS) is 19.8. The van der Waals surface area contributed by atoms with Crippen LogP contribution < -0.4 is 18.9 Å². The van der Waals surface area contributed by atoms with Crippen molar-refractivity contribution in [3.8, 4) is 34.1 Å². The number of benzene rings is 2. The predicted octanol–water partition coefficient (Wildman–Crippen LogP) is 18.8. The first-order valence-electron chi connectivity index (χ1n) is 32.5. The lowest BCUT2D eigenvalue weighted by molar-refractivity contribution is 0.00629. The van der Waals surface area contributed by atoms with Gasteiger partial charge in [0.05, 0.1) is 18.6 Å². The van der Waals surface area contributed by atoms with Crippen molar-refractivity contribution < 1.29 is 52.3 Å². The molecule has 12 nitrogen and oxygen atoms in total. The van der Waals surface area contributed by atoms with Gasteiger partial charge >= 0.3 is 18.5 Å². The van der Waals surface area contributed by atoms with Gasteiger partial charge in [-0.25, -0.2) is 14.4 Å². The molecule has 0 aromatic heterocycles. The van der Waals surface area contributed by atoms with E-state index in [1.165, 1.54) is 83.5 Å². The fraction of sp³-hybridized carbons (Fsp3) is 0.783. The lowest BCUT2D eigenvalue weighted by Gasteiger charge is -2.39. The van der Waals surface area contributed by atoms with Crippen molar-refractivity contribution in [1.82, 2.24) is 4.90 Å². The molecule has 7 atom stereocenters. The van der Waals surface area contributed by atoms with Crippen molar-refractivity contribution in [2.45, 2.75) is 263 Å². The van der Waals surface area contributed by atoms with Gasteiger partial charge in [-0.15, -0.1) is 0 Å². The van der Waals surface area contributed by atoms with Crippen molar-refractivity contribution in [3.05, 3.63) is 33.4 Å². The van der Waals surface area contributed by atoms with Gasteiger partial charge in [-0.1, -0.05) is 159 Å². The molecule has 0 radical (unpaired) electrons. The molecule has 3 aliphatic rings. The average molecular weight is 1130 g/mol. The Kier molecular flexibility index (Phi) is 28.3. The Hall–Kier alpha value is -4.19. The van der Waals surface area contributed by atoms with Crippen LogP contribution >= 0.6 is 0 Å². The van der Waals surface area contributed by atoms with Crippen LogP contribution in [0.15, 0.2) is 0 Å². The van der Waals surface area contributed by atoms with Crippen LogP contribution in [0.1, 0.15) is 244 Å². The summed E-state index contributed by atoms with van der Waals surface area (Å²) in [5.41, 5.74) is 5.90. The van der Waals surface area contributed by atoms with Gasteiger partial charge in [0.15, 0.2) is 0 Å². The molecule has 0 amide bonds. The monoisotopic (exact) mass is 1130 g/mol. The summed E-state index contributed by atoms with van der Waals surface area (Å²) in [7, 11) is 0. The summed E-state index contributed by atoms with van der Waals surface area (Å²) in [5, 5.41) is 0. The number of hydrogen-bond donors (Lipinski definition) is 0. The lowest BCUT2D eigenvalue weighted by Crippen LogP contribution is -2.37. The molecule has 0 N–H and O–H groups in total. The highest BCUT2D eigenvalue weighted by Crippen LogP contribution is 2.56. The van der Waals surface area contributed by atoms with Gasteiger partial charge in [0.1, 0.15) is 48.4 Å². The van der Waals surface area contributed by atoms with Crippen molar-refractivity contribution in [3.63, 3.8) is 0 Å². The molecular formula is C69H113NO11. The third kappa shape index (κ3) is 21.4. The van der Waals surface area contributed by atoms with Crippen LogP contribution in [0, 0.1) is 69.1 Å². The maximum atomic E-state index is 14.1. The highest BCUT2D eigenvalue weighted by molar-refractivity contribution is 5.91.